The van der Waals surface area contributed by atoms with Gasteiger partial charge in [0.05, 0.1) is 21.9 Å². The molecular weight excluding hydrogens is 405 g/mol. The van der Waals surface area contributed by atoms with Crippen LogP contribution in [0.25, 0.3) is 10.3 Å². The van der Waals surface area contributed by atoms with Crippen LogP contribution < -0.4 is 10.6 Å². The number of aliphatic hydroxyl groups excluding tert-OH is 1. The van der Waals surface area contributed by atoms with Crippen LogP contribution in [0, 0.1) is 12.7 Å². The number of anilines is 1. The molecule has 0 bridgehead atoms. The van der Waals surface area contributed by atoms with Crippen LogP contribution in [0.2, 0.25) is 0 Å². The highest BCUT2D eigenvalue weighted by Crippen LogP contribution is 2.28. The number of hydrogen-bond acceptors (Lipinski definition) is 9. The van der Waals surface area contributed by atoms with Crippen LogP contribution in [0.3, 0.4) is 0 Å². The summed E-state index contributed by atoms with van der Waals surface area (Å²) >= 11 is 1.42. The first-order chi connectivity index (χ1) is 14.5. The molecule has 0 aliphatic carbocycles. The molecule has 2 atom stereocenters. The lowest BCUT2D eigenvalue weighted by molar-refractivity contribution is 0.134. The number of rotatable bonds is 7. The number of aromatic nitrogens is 5. The Morgan fingerprint density at radius 3 is 2.80 bits per heavy atom. The molecule has 0 aliphatic heterocycles. The number of aliphatic hydroxyl groups is 1. The molecule has 2 unspecified atom stereocenters. The largest absolute Gasteiger partial charge is 0.373 e. The lowest BCUT2D eigenvalue weighted by atomic mass is 10.1. The van der Waals surface area contributed by atoms with Crippen LogP contribution in [0.1, 0.15) is 41.0 Å². The monoisotopic (exact) mass is 425 g/mol. The van der Waals surface area contributed by atoms with E-state index in [1.165, 1.54) is 17.4 Å². The van der Waals surface area contributed by atoms with Crippen molar-refractivity contribution in [1.29, 1.82) is 0 Å². The van der Waals surface area contributed by atoms with Gasteiger partial charge < -0.3 is 10.4 Å². The third-order valence-electron chi connectivity index (χ3n) is 4.44. The third-order valence-corrected chi connectivity index (χ3v) is 5.42. The molecule has 0 fully saturated rings. The number of thiazole rings is 1. The average molecular weight is 425 g/mol. The highest BCUT2D eigenvalue weighted by Gasteiger charge is 2.19. The van der Waals surface area contributed by atoms with Gasteiger partial charge in [-0.25, -0.2) is 14.4 Å². The molecule has 4 rings (SSSR count). The number of nitrogens with one attached hydrogen (secondary N) is 2. The minimum Gasteiger partial charge on any atom is -0.373 e. The summed E-state index contributed by atoms with van der Waals surface area (Å²) < 4.78 is 14.2. The van der Waals surface area contributed by atoms with Gasteiger partial charge in [-0.1, -0.05) is 6.07 Å². The molecule has 4 aromatic heterocycles. The molecule has 0 saturated heterocycles. The predicted octanol–water partition coefficient (Wildman–Crippen LogP) is 3.28. The molecule has 0 saturated carbocycles. The van der Waals surface area contributed by atoms with Gasteiger partial charge in [-0.3, -0.25) is 15.3 Å². The van der Waals surface area contributed by atoms with Gasteiger partial charge in [-0.15, -0.1) is 11.3 Å². The zero-order valence-corrected chi connectivity index (χ0v) is 17.2. The second kappa shape index (κ2) is 8.74. The standard InChI is InChI=1S/C20H20FN7OS/c1-11(14-6-15(21)10-23-9-14)25-20-27-16(17-18(28-20)26-12(2)30-17)19(29)24-8-13-4-3-5-22-7-13/h3-7,9-11,19,24,29H,8H2,1-2H3,(H,25,27,28). The minimum absolute atomic E-state index is 0.293. The van der Waals surface area contributed by atoms with Gasteiger partial charge in [-0.2, -0.15) is 4.98 Å². The summed E-state index contributed by atoms with van der Waals surface area (Å²) in [6, 6.07) is 4.87. The van der Waals surface area contributed by atoms with Crippen molar-refractivity contribution in [3.05, 3.63) is 70.6 Å². The fraction of sp³-hybridized carbons (Fsp3) is 0.250. The van der Waals surface area contributed by atoms with E-state index in [1.807, 2.05) is 26.0 Å². The molecule has 0 amide bonds. The van der Waals surface area contributed by atoms with Crippen molar-refractivity contribution in [2.24, 2.45) is 0 Å². The molecule has 0 aliphatic rings. The third kappa shape index (κ3) is 4.56. The van der Waals surface area contributed by atoms with Crippen molar-refractivity contribution >= 4 is 27.6 Å². The number of pyridine rings is 2. The van der Waals surface area contributed by atoms with Crippen LogP contribution in [0.5, 0.6) is 0 Å². The van der Waals surface area contributed by atoms with Crippen LogP contribution in [0.4, 0.5) is 10.3 Å². The lowest BCUT2D eigenvalue weighted by Gasteiger charge is -2.17. The Morgan fingerprint density at radius 1 is 1.17 bits per heavy atom. The van der Waals surface area contributed by atoms with E-state index in [2.05, 4.69) is 35.6 Å². The van der Waals surface area contributed by atoms with Crippen LogP contribution in [0.15, 0.2) is 43.0 Å². The van der Waals surface area contributed by atoms with Gasteiger partial charge in [0.1, 0.15) is 17.7 Å². The Hall–Kier alpha value is -3.08. The first-order valence-electron chi connectivity index (χ1n) is 9.32. The SMILES string of the molecule is Cc1nc2nc(NC(C)c3cncc(F)c3)nc(C(O)NCc3cccnc3)c2s1. The van der Waals surface area contributed by atoms with Crippen molar-refractivity contribution in [1.82, 2.24) is 30.2 Å². The first-order valence-corrected chi connectivity index (χ1v) is 10.1. The number of aryl methyl sites for hydroxylation is 1. The van der Waals surface area contributed by atoms with E-state index in [-0.39, 0.29) is 6.04 Å². The Bertz CT molecular complexity index is 1150. The summed E-state index contributed by atoms with van der Waals surface area (Å²) in [7, 11) is 0. The van der Waals surface area contributed by atoms with Crippen molar-refractivity contribution in [3.63, 3.8) is 0 Å². The summed E-state index contributed by atoms with van der Waals surface area (Å²) in [5.41, 5.74) is 2.52. The Labute approximate surface area is 176 Å². The maximum absolute atomic E-state index is 13.5. The van der Waals surface area contributed by atoms with Crippen molar-refractivity contribution in [2.75, 3.05) is 5.32 Å². The van der Waals surface area contributed by atoms with Crippen molar-refractivity contribution < 1.29 is 9.50 Å². The second-order valence-electron chi connectivity index (χ2n) is 6.77. The van der Waals surface area contributed by atoms with Crippen LogP contribution in [-0.2, 0) is 6.54 Å². The van der Waals surface area contributed by atoms with E-state index < -0.39 is 12.0 Å². The molecule has 4 aromatic rings. The fourth-order valence-electron chi connectivity index (χ4n) is 2.95. The normalized spacial score (nSPS) is 13.3. The van der Waals surface area contributed by atoms with Gasteiger partial charge in [0, 0.05) is 25.1 Å². The van der Waals surface area contributed by atoms with Crippen LogP contribution >= 0.6 is 11.3 Å². The molecule has 0 radical (unpaired) electrons. The lowest BCUT2D eigenvalue weighted by Crippen LogP contribution is -2.22. The number of hydrogen-bond donors (Lipinski definition) is 3. The molecule has 30 heavy (non-hydrogen) atoms. The number of fused-ring (bicyclic) bond motifs is 1. The average Bonchev–Trinajstić information content (AvgIpc) is 3.12. The maximum atomic E-state index is 13.5. The van der Waals surface area contributed by atoms with Crippen molar-refractivity contribution in [3.8, 4) is 0 Å². The molecule has 4 heterocycles. The van der Waals surface area contributed by atoms with E-state index in [4.69, 9.17) is 0 Å². The molecule has 8 nitrogen and oxygen atoms in total. The van der Waals surface area contributed by atoms with E-state index >= 15 is 0 Å². The minimum atomic E-state index is -1.03. The Morgan fingerprint density at radius 2 is 2.03 bits per heavy atom. The maximum Gasteiger partial charge on any atom is 0.225 e. The second-order valence-corrected chi connectivity index (χ2v) is 7.97. The number of nitrogens with zero attached hydrogens (tertiary/aromatic N) is 5. The quantitative estimate of drug-likeness (QED) is 0.387. The van der Waals surface area contributed by atoms with Gasteiger partial charge in [0.15, 0.2) is 5.65 Å². The first kappa shape index (κ1) is 20.2. The summed E-state index contributed by atoms with van der Waals surface area (Å²) in [4.78, 5) is 21.4. The zero-order valence-electron chi connectivity index (χ0n) is 16.4. The topological polar surface area (TPSA) is 109 Å². The Kier molecular flexibility index (Phi) is 5.88. The summed E-state index contributed by atoms with van der Waals surface area (Å²) in [5.74, 6) is -0.120. The van der Waals surface area contributed by atoms with Gasteiger partial charge in [0.2, 0.25) is 5.95 Å². The highest BCUT2D eigenvalue weighted by molar-refractivity contribution is 7.18. The summed E-state index contributed by atoms with van der Waals surface area (Å²) in [5, 5.41) is 17.8. The molecule has 154 valence electrons. The smallest absolute Gasteiger partial charge is 0.225 e. The molecule has 0 aromatic carbocycles. The predicted molar refractivity (Wildman–Crippen MR) is 112 cm³/mol. The summed E-state index contributed by atoms with van der Waals surface area (Å²) in [6.07, 6.45) is 5.13. The molecule has 3 N–H and O–H groups in total. The van der Waals surface area contributed by atoms with Crippen LogP contribution in [-0.4, -0.2) is 30.0 Å². The molecule has 0 spiro atoms. The van der Waals surface area contributed by atoms with E-state index in [1.54, 1.807) is 18.6 Å². The molecule has 10 heteroatoms. The van der Waals surface area contributed by atoms with E-state index in [0.29, 0.717) is 34.1 Å². The van der Waals surface area contributed by atoms with Gasteiger partial charge in [0.25, 0.3) is 0 Å². The Balaban J connectivity index is 1.60. The van der Waals surface area contributed by atoms with Gasteiger partial charge >= 0.3 is 0 Å². The fourth-order valence-corrected chi connectivity index (χ4v) is 3.83. The zero-order chi connectivity index (χ0) is 21.1. The number of halogens is 1. The van der Waals surface area contributed by atoms with E-state index in [0.717, 1.165) is 16.8 Å². The molecular formula is C20H20FN7OS. The van der Waals surface area contributed by atoms with E-state index in [9.17, 15) is 9.50 Å². The summed E-state index contributed by atoms with van der Waals surface area (Å²) in [6.45, 7) is 4.15. The highest BCUT2D eigenvalue weighted by atomic mass is 32.1. The van der Waals surface area contributed by atoms with Gasteiger partial charge in [-0.05, 0) is 37.1 Å². The van der Waals surface area contributed by atoms with Crippen molar-refractivity contribution in [2.45, 2.75) is 32.7 Å².